The molecule has 3 N–H and O–H groups in total. The van der Waals surface area contributed by atoms with Gasteiger partial charge in [0.1, 0.15) is 5.82 Å². The monoisotopic (exact) mass is 229 g/mol. The van der Waals surface area contributed by atoms with Crippen LogP contribution in [0.4, 0.5) is 4.39 Å². The van der Waals surface area contributed by atoms with Crippen LogP contribution in [0.3, 0.4) is 0 Å². The number of hydrogen-bond acceptors (Lipinski definition) is 4. The Balaban J connectivity index is 3.21. The van der Waals surface area contributed by atoms with Crippen molar-refractivity contribution in [2.75, 3.05) is 14.2 Å². The summed E-state index contributed by atoms with van der Waals surface area (Å²) in [6, 6.07) is 1.84. The molecule has 0 radical (unpaired) electrons. The van der Waals surface area contributed by atoms with Gasteiger partial charge in [-0.1, -0.05) is 0 Å². The van der Waals surface area contributed by atoms with Gasteiger partial charge in [0, 0.05) is 11.6 Å². The third kappa shape index (κ3) is 2.43. The Hall–Kier alpha value is -1.33. The van der Waals surface area contributed by atoms with Crippen molar-refractivity contribution in [2.45, 2.75) is 19.1 Å². The van der Waals surface area contributed by atoms with Gasteiger partial charge in [0.15, 0.2) is 11.5 Å². The molecule has 0 aliphatic rings. The third-order valence-corrected chi connectivity index (χ3v) is 2.38. The van der Waals surface area contributed by atoms with Crippen LogP contribution in [0.15, 0.2) is 12.1 Å². The Bertz CT molecular complexity index is 368. The number of aliphatic hydroxyl groups excluding tert-OH is 1. The van der Waals surface area contributed by atoms with Gasteiger partial charge in [0.25, 0.3) is 0 Å². The van der Waals surface area contributed by atoms with Crippen molar-refractivity contribution in [3.8, 4) is 11.5 Å². The average molecular weight is 229 g/mol. The van der Waals surface area contributed by atoms with Crippen molar-refractivity contribution in [1.82, 2.24) is 0 Å². The minimum Gasteiger partial charge on any atom is -0.493 e. The van der Waals surface area contributed by atoms with E-state index in [0.717, 1.165) is 0 Å². The van der Waals surface area contributed by atoms with Gasteiger partial charge in [0.05, 0.1) is 26.4 Å². The second-order valence-corrected chi connectivity index (χ2v) is 3.50. The number of halogens is 1. The van der Waals surface area contributed by atoms with Crippen LogP contribution in [-0.4, -0.2) is 25.4 Å². The largest absolute Gasteiger partial charge is 0.493 e. The molecule has 90 valence electrons. The molecule has 16 heavy (non-hydrogen) atoms. The van der Waals surface area contributed by atoms with Crippen LogP contribution in [0.2, 0.25) is 0 Å². The maximum atomic E-state index is 13.6. The van der Waals surface area contributed by atoms with Crippen molar-refractivity contribution in [1.29, 1.82) is 0 Å². The molecule has 2 atom stereocenters. The van der Waals surface area contributed by atoms with Gasteiger partial charge in [-0.2, -0.15) is 0 Å². The zero-order chi connectivity index (χ0) is 12.3. The number of ether oxygens (including phenoxy) is 2. The van der Waals surface area contributed by atoms with Crippen molar-refractivity contribution in [3.05, 3.63) is 23.5 Å². The van der Waals surface area contributed by atoms with Crippen LogP contribution in [0, 0.1) is 5.82 Å². The number of methoxy groups -OCH3 is 2. The molecular formula is C11H16FNO3. The topological polar surface area (TPSA) is 64.7 Å². The highest BCUT2D eigenvalue weighted by Crippen LogP contribution is 2.32. The van der Waals surface area contributed by atoms with Crippen molar-refractivity contribution in [3.63, 3.8) is 0 Å². The van der Waals surface area contributed by atoms with Crippen LogP contribution < -0.4 is 15.2 Å². The zero-order valence-electron chi connectivity index (χ0n) is 9.53. The van der Waals surface area contributed by atoms with E-state index >= 15 is 0 Å². The van der Waals surface area contributed by atoms with Crippen LogP contribution in [0.25, 0.3) is 0 Å². The summed E-state index contributed by atoms with van der Waals surface area (Å²) < 4.78 is 23.6. The van der Waals surface area contributed by atoms with Gasteiger partial charge in [-0.25, -0.2) is 4.39 Å². The fourth-order valence-electron chi connectivity index (χ4n) is 1.39. The lowest BCUT2D eigenvalue weighted by Crippen LogP contribution is -2.24. The number of benzene rings is 1. The lowest BCUT2D eigenvalue weighted by molar-refractivity contribution is 0.162. The molecule has 0 aromatic heterocycles. The molecular weight excluding hydrogens is 213 g/mol. The predicted octanol–water partition coefficient (Wildman–Crippen LogP) is 1.22. The molecule has 0 spiro atoms. The summed E-state index contributed by atoms with van der Waals surface area (Å²) in [5.74, 6) is 0.155. The molecule has 0 saturated carbocycles. The molecule has 0 fully saturated rings. The number of hydrogen-bond donors (Lipinski definition) is 2. The first-order chi connectivity index (χ1) is 7.51. The highest BCUT2D eigenvalue weighted by atomic mass is 19.1. The first kappa shape index (κ1) is 12.7. The lowest BCUT2D eigenvalue weighted by Gasteiger charge is -2.18. The molecule has 0 saturated heterocycles. The molecule has 1 aromatic carbocycles. The maximum absolute atomic E-state index is 13.6. The SMILES string of the molecule is COc1cc(F)c([C@@H](N)[C@H](C)O)cc1OC. The predicted molar refractivity (Wildman–Crippen MR) is 58.1 cm³/mol. The summed E-state index contributed by atoms with van der Waals surface area (Å²) >= 11 is 0. The van der Waals surface area contributed by atoms with Crippen molar-refractivity contribution >= 4 is 0 Å². The Morgan fingerprint density at radius 2 is 1.75 bits per heavy atom. The van der Waals surface area contributed by atoms with E-state index in [9.17, 15) is 9.50 Å². The quantitative estimate of drug-likeness (QED) is 0.814. The van der Waals surface area contributed by atoms with E-state index in [1.807, 2.05) is 0 Å². The molecule has 0 amide bonds. The zero-order valence-corrected chi connectivity index (χ0v) is 9.53. The fourth-order valence-corrected chi connectivity index (χ4v) is 1.39. The lowest BCUT2D eigenvalue weighted by atomic mass is 10.0. The second kappa shape index (κ2) is 5.14. The number of rotatable bonds is 4. The Morgan fingerprint density at radius 1 is 1.25 bits per heavy atom. The minimum atomic E-state index is -0.840. The minimum absolute atomic E-state index is 0.202. The smallest absolute Gasteiger partial charge is 0.163 e. The first-order valence-electron chi connectivity index (χ1n) is 4.86. The second-order valence-electron chi connectivity index (χ2n) is 3.50. The number of nitrogens with two attached hydrogens (primary N) is 1. The molecule has 1 rings (SSSR count). The van der Waals surface area contributed by atoms with E-state index in [1.54, 1.807) is 0 Å². The van der Waals surface area contributed by atoms with E-state index in [1.165, 1.54) is 33.3 Å². The highest BCUT2D eigenvalue weighted by molar-refractivity contribution is 5.44. The van der Waals surface area contributed by atoms with Gasteiger partial charge in [-0.15, -0.1) is 0 Å². The maximum Gasteiger partial charge on any atom is 0.163 e. The summed E-state index contributed by atoms with van der Waals surface area (Å²) in [7, 11) is 2.87. The molecule has 0 aliphatic carbocycles. The van der Waals surface area contributed by atoms with Crippen molar-refractivity contribution < 1.29 is 19.0 Å². The van der Waals surface area contributed by atoms with Crippen LogP contribution >= 0.6 is 0 Å². The van der Waals surface area contributed by atoms with Crippen molar-refractivity contribution in [2.24, 2.45) is 5.73 Å². The van der Waals surface area contributed by atoms with E-state index < -0.39 is 18.0 Å². The van der Waals surface area contributed by atoms with Crippen LogP contribution in [0.1, 0.15) is 18.5 Å². The normalized spacial score (nSPS) is 14.4. The Morgan fingerprint density at radius 3 is 2.19 bits per heavy atom. The summed E-state index contributed by atoms with van der Waals surface area (Å²) in [4.78, 5) is 0. The van der Waals surface area contributed by atoms with Gasteiger partial charge < -0.3 is 20.3 Å². The molecule has 4 nitrogen and oxygen atoms in total. The molecule has 1 aromatic rings. The average Bonchev–Trinajstić information content (AvgIpc) is 2.27. The van der Waals surface area contributed by atoms with Crippen LogP contribution in [-0.2, 0) is 0 Å². The number of aliphatic hydroxyl groups is 1. The summed E-state index contributed by atoms with van der Waals surface area (Å²) in [6.45, 7) is 1.50. The van der Waals surface area contributed by atoms with E-state index in [4.69, 9.17) is 15.2 Å². The molecule has 0 aliphatic heterocycles. The Labute approximate surface area is 93.8 Å². The van der Waals surface area contributed by atoms with E-state index in [2.05, 4.69) is 0 Å². The van der Waals surface area contributed by atoms with Gasteiger partial charge in [-0.3, -0.25) is 0 Å². The Kier molecular flexibility index (Phi) is 4.09. The standard InChI is InChI=1S/C11H16FNO3/c1-6(14)11(13)7-4-9(15-2)10(16-3)5-8(7)12/h4-6,11,14H,13H2,1-3H3/t6-,11-/m0/s1. The molecule has 0 bridgehead atoms. The highest BCUT2D eigenvalue weighted by Gasteiger charge is 2.19. The van der Waals surface area contributed by atoms with E-state index in [0.29, 0.717) is 11.5 Å². The van der Waals surface area contributed by atoms with Gasteiger partial charge >= 0.3 is 0 Å². The molecule has 0 heterocycles. The van der Waals surface area contributed by atoms with Crippen LogP contribution in [0.5, 0.6) is 11.5 Å². The summed E-state index contributed by atoms with van der Waals surface area (Å²) in [6.07, 6.45) is -0.840. The molecule has 5 heteroatoms. The fraction of sp³-hybridized carbons (Fsp3) is 0.455. The first-order valence-corrected chi connectivity index (χ1v) is 4.86. The summed E-state index contributed by atoms with van der Waals surface area (Å²) in [5.41, 5.74) is 5.87. The summed E-state index contributed by atoms with van der Waals surface area (Å²) in [5, 5.41) is 9.33. The van der Waals surface area contributed by atoms with E-state index in [-0.39, 0.29) is 5.56 Å². The third-order valence-electron chi connectivity index (χ3n) is 2.38. The van der Waals surface area contributed by atoms with Gasteiger partial charge in [-0.05, 0) is 13.0 Å². The molecule has 0 unspecified atom stereocenters. The van der Waals surface area contributed by atoms with Gasteiger partial charge in [0.2, 0.25) is 0 Å².